The van der Waals surface area contributed by atoms with Crippen molar-refractivity contribution in [3.8, 4) is 0 Å². The molecule has 0 saturated carbocycles. The Hall–Kier alpha value is -2.42. The monoisotopic (exact) mass is 348 g/mol. The van der Waals surface area contributed by atoms with Crippen molar-refractivity contribution < 1.29 is 4.79 Å². The first kappa shape index (κ1) is 18.4. The van der Waals surface area contributed by atoms with E-state index in [0.29, 0.717) is 0 Å². The van der Waals surface area contributed by atoms with E-state index >= 15 is 0 Å². The topological polar surface area (TPSA) is 32.7 Å². The van der Waals surface area contributed by atoms with Crippen molar-refractivity contribution in [3.63, 3.8) is 0 Å². The summed E-state index contributed by atoms with van der Waals surface area (Å²) in [6, 6.07) is 18.9. The molecule has 1 aliphatic heterocycles. The Labute approximate surface area is 156 Å². The fraction of sp³-hybridized carbons (Fsp3) is 0.391. The van der Waals surface area contributed by atoms with Crippen molar-refractivity contribution in [2.45, 2.75) is 58.4 Å². The Morgan fingerprint density at radius 2 is 1.69 bits per heavy atom. The van der Waals surface area contributed by atoms with Crippen molar-refractivity contribution >= 4 is 11.6 Å². The summed E-state index contributed by atoms with van der Waals surface area (Å²) in [4.78, 5) is 12.2. The lowest BCUT2D eigenvalue weighted by Crippen LogP contribution is -2.44. The lowest BCUT2D eigenvalue weighted by Gasteiger charge is -2.32. The van der Waals surface area contributed by atoms with Gasteiger partial charge in [-0.1, -0.05) is 75.4 Å². The number of hydrogen-bond acceptors (Lipinski definition) is 2. The SMILES string of the molecule is CC(=O)N1N=C(c2ccc(C(C)(C)C)cc2)CC1(C)Cc1ccccc1. The van der Waals surface area contributed by atoms with E-state index in [1.54, 1.807) is 11.9 Å². The Balaban J connectivity index is 1.88. The molecule has 0 aliphatic carbocycles. The Morgan fingerprint density at radius 3 is 2.23 bits per heavy atom. The van der Waals surface area contributed by atoms with Gasteiger partial charge < -0.3 is 0 Å². The van der Waals surface area contributed by atoms with E-state index in [1.165, 1.54) is 11.1 Å². The van der Waals surface area contributed by atoms with E-state index in [2.05, 4.69) is 64.1 Å². The number of hydrazone groups is 1. The third kappa shape index (κ3) is 3.72. The molecule has 3 nitrogen and oxygen atoms in total. The van der Waals surface area contributed by atoms with Gasteiger partial charge in [0.05, 0.1) is 11.3 Å². The fourth-order valence-electron chi connectivity index (χ4n) is 3.66. The molecule has 0 aromatic heterocycles. The van der Waals surface area contributed by atoms with E-state index < -0.39 is 0 Å². The van der Waals surface area contributed by atoms with Crippen LogP contribution < -0.4 is 0 Å². The third-order valence-electron chi connectivity index (χ3n) is 5.09. The summed E-state index contributed by atoms with van der Waals surface area (Å²) in [5.74, 6) is -0.00950. The van der Waals surface area contributed by atoms with Gasteiger partial charge in [0, 0.05) is 13.3 Å². The van der Waals surface area contributed by atoms with Gasteiger partial charge >= 0.3 is 0 Å². The molecule has 1 aliphatic rings. The van der Waals surface area contributed by atoms with E-state index in [4.69, 9.17) is 5.10 Å². The van der Waals surface area contributed by atoms with Gasteiger partial charge in [-0.3, -0.25) is 4.79 Å². The summed E-state index contributed by atoms with van der Waals surface area (Å²) >= 11 is 0. The molecule has 0 fully saturated rings. The molecular weight excluding hydrogens is 320 g/mol. The number of amides is 1. The normalized spacial score (nSPS) is 20.2. The van der Waals surface area contributed by atoms with Gasteiger partial charge in [0.25, 0.3) is 0 Å². The van der Waals surface area contributed by atoms with E-state index in [0.717, 1.165) is 24.1 Å². The number of carbonyl (C=O) groups excluding carboxylic acids is 1. The molecule has 3 heteroatoms. The second kappa shape index (κ2) is 6.71. The van der Waals surface area contributed by atoms with Crippen LogP contribution in [-0.4, -0.2) is 22.2 Å². The highest BCUT2D eigenvalue weighted by Gasteiger charge is 2.41. The van der Waals surface area contributed by atoms with Crippen LogP contribution in [0, 0.1) is 0 Å². The fourth-order valence-corrected chi connectivity index (χ4v) is 3.66. The highest BCUT2D eigenvalue weighted by Crippen LogP contribution is 2.33. The van der Waals surface area contributed by atoms with Gasteiger partial charge in [0.15, 0.2) is 0 Å². The van der Waals surface area contributed by atoms with Crippen molar-refractivity contribution in [1.29, 1.82) is 0 Å². The lowest BCUT2D eigenvalue weighted by molar-refractivity contribution is -0.133. The first-order chi connectivity index (χ1) is 12.2. The van der Waals surface area contributed by atoms with Gasteiger partial charge in [-0.25, -0.2) is 5.01 Å². The van der Waals surface area contributed by atoms with Crippen LogP contribution in [0.25, 0.3) is 0 Å². The van der Waals surface area contributed by atoms with E-state index in [-0.39, 0.29) is 16.9 Å². The minimum atomic E-state index is -0.328. The smallest absolute Gasteiger partial charge is 0.240 e. The zero-order valence-electron chi connectivity index (χ0n) is 16.4. The highest BCUT2D eigenvalue weighted by molar-refractivity contribution is 6.03. The maximum absolute atomic E-state index is 12.2. The summed E-state index contributed by atoms with van der Waals surface area (Å²) in [6.45, 7) is 10.4. The molecular formula is C23H28N2O. The molecule has 1 unspecified atom stereocenters. The van der Waals surface area contributed by atoms with Crippen LogP contribution >= 0.6 is 0 Å². The molecule has 0 radical (unpaired) electrons. The van der Waals surface area contributed by atoms with Gasteiger partial charge in [-0.2, -0.15) is 5.10 Å². The summed E-state index contributed by atoms with van der Waals surface area (Å²) in [6.07, 6.45) is 1.55. The molecule has 0 bridgehead atoms. The predicted molar refractivity (Wildman–Crippen MR) is 107 cm³/mol. The second-order valence-corrected chi connectivity index (χ2v) is 8.54. The quantitative estimate of drug-likeness (QED) is 0.773. The van der Waals surface area contributed by atoms with Crippen LogP contribution in [-0.2, 0) is 16.6 Å². The number of carbonyl (C=O) groups is 1. The van der Waals surface area contributed by atoms with Crippen LogP contribution in [0.5, 0.6) is 0 Å². The summed E-state index contributed by atoms with van der Waals surface area (Å²) in [5, 5.41) is 6.37. The number of rotatable bonds is 3. The van der Waals surface area contributed by atoms with Gasteiger partial charge in [-0.05, 0) is 35.4 Å². The summed E-state index contributed by atoms with van der Waals surface area (Å²) in [7, 11) is 0. The molecule has 2 aromatic carbocycles. The minimum Gasteiger partial charge on any atom is -0.273 e. The van der Waals surface area contributed by atoms with Crippen molar-refractivity contribution in [2.75, 3.05) is 0 Å². The molecule has 0 spiro atoms. The van der Waals surface area contributed by atoms with Gasteiger partial charge in [0.2, 0.25) is 5.91 Å². The maximum Gasteiger partial charge on any atom is 0.240 e. The third-order valence-corrected chi connectivity index (χ3v) is 5.09. The largest absolute Gasteiger partial charge is 0.273 e. The molecule has 0 N–H and O–H groups in total. The van der Waals surface area contributed by atoms with Gasteiger partial charge in [0.1, 0.15) is 0 Å². The van der Waals surface area contributed by atoms with Crippen LogP contribution in [0.3, 0.4) is 0 Å². The van der Waals surface area contributed by atoms with Crippen molar-refractivity contribution in [2.24, 2.45) is 5.10 Å². The minimum absolute atomic E-state index is 0.00950. The Bertz CT molecular complexity index is 816. The van der Waals surface area contributed by atoms with E-state index in [9.17, 15) is 4.79 Å². The standard InChI is InChI=1S/C23H28N2O/c1-17(26)25-23(5,15-18-9-7-6-8-10-18)16-21(24-25)19-11-13-20(14-12-19)22(2,3)4/h6-14H,15-16H2,1-5H3. The second-order valence-electron chi connectivity index (χ2n) is 8.54. The zero-order chi connectivity index (χ0) is 18.9. The predicted octanol–water partition coefficient (Wildman–Crippen LogP) is 4.94. The number of nitrogens with zero attached hydrogens (tertiary/aromatic N) is 2. The lowest BCUT2D eigenvalue weighted by atomic mass is 9.84. The number of benzene rings is 2. The Morgan fingerprint density at radius 1 is 1.08 bits per heavy atom. The molecule has 1 heterocycles. The molecule has 26 heavy (non-hydrogen) atoms. The molecule has 136 valence electrons. The molecule has 2 aromatic rings. The average Bonchev–Trinajstić information content (AvgIpc) is 2.92. The molecule has 3 rings (SSSR count). The van der Waals surface area contributed by atoms with Crippen LogP contribution in [0.15, 0.2) is 59.7 Å². The summed E-state index contributed by atoms with van der Waals surface area (Å²) < 4.78 is 0. The van der Waals surface area contributed by atoms with E-state index in [1.807, 2.05) is 18.2 Å². The van der Waals surface area contributed by atoms with Crippen LogP contribution in [0.1, 0.15) is 57.7 Å². The van der Waals surface area contributed by atoms with Gasteiger partial charge in [-0.15, -0.1) is 0 Å². The molecule has 1 amide bonds. The molecule has 0 saturated heterocycles. The summed E-state index contributed by atoms with van der Waals surface area (Å²) in [5.41, 5.74) is 4.41. The Kier molecular flexibility index (Phi) is 4.74. The zero-order valence-corrected chi connectivity index (χ0v) is 16.4. The maximum atomic E-state index is 12.2. The first-order valence-electron chi connectivity index (χ1n) is 9.22. The van der Waals surface area contributed by atoms with Crippen LogP contribution in [0.2, 0.25) is 0 Å². The first-order valence-corrected chi connectivity index (χ1v) is 9.22. The van der Waals surface area contributed by atoms with Crippen molar-refractivity contribution in [3.05, 3.63) is 71.3 Å². The van der Waals surface area contributed by atoms with Crippen molar-refractivity contribution in [1.82, 2.24) is 5.01 Å². The molecule has 1 atom stereocenters. The average molecular weight is 348 g/mol. The highest BCUT2D eigenvalue weighted by atomic mass is 16.2. The van der Waals surface area contributed by atoms with Crippen LogP contribution in [0.4, 0.5) is 0 Å². The number of hydrogen-bond donors (Lipinski definition) is 0.